The number of sulfonamides is 1. The van der Waals surface area contributed by atoms with Crippen LogP contribution in [0.3, 0.4) is 0 Å². The van der Waals surface area contributed by atoms with Crippen molar-refractivity contribution in [2.24, 2.45) is 0 Å². The van der Waals surface area contributed by atoms with E-state index in [2.05, 4.69) is 10.3 Å². The highest BCUT2D eigenvalue weighted by molar-refractivity contribution is 7.92. The molecule has 0 spiro atoms. The van der Waals surface area contributed by atoms with E-state index >= 15 is 0 Å². The number of para-hydroxylation sites is 1. The molecule has 2 heterocycles. The normalized spacial score (nSPS) is 17.2. The van der Waals surface area contributed by atoms with E-state index in [0.29, 0.717) is 31.3 Å². The second kappa shape index (κ2) is 9.27. The Kier molecular flexibility index (Phi) is 6.47. The van der Waals surface area contributed by atoms with E-state index in [-0.39, 0.29) is 11.9 Å². The van der Waals surface area contributed by atoms with Crippen LogP contribution in [-0.4, -0.2) is 60.7 Å². The number of carbonyl (C=O) groups excluding carboxylic acids is 1. The molecule has 1 aromatic heterocycles. The molecule has 1 N–H and O–H groups in total. The van der Waals surface area contributed by atoms with Crippen LogP contribution >= 0.6 is 11.3 Å². The van der Waals surface area contributed by atoms with Crippen molar-refractivity contribution in [1.29, 1.82) is 0 Å². The molecule has 4 rings (SSSR count). The van der Waals surface area contributed by atoms with Crippen molar-refractivity contribution in [1.82, 2.24) is 14.2 Å². The number of thiazole rings is 1. The van der Waals surface area contributed by atoms with Crippen LogP contribution < -0.4 is 5.32 Å². The Morgan fingerprint density at radius 3 is 2.45 bits per heavy atom. The van der Waals surface area contributed by atoms with Crippen molar-refractivity contribution < 1.29 is 13.2 Å². The highest BCUT2D eigenvalue weighted by atomic mass is 32.2. The number of carbonyl (C=O) groups is 1. The first-order chi connectivity index (χ1) is 14.9. The third-order valence-electron chi connectivity index (χ3n) is 5.32. The summed E-state index contributed by atoms with van der Waals surface area (Å²) in [6, 6.07) is 16.7. The zero-order valence-corrected chi connectivity index (χ0v) is 18.8. The predicted octanol–water partition coefficient (Wildman–Crippen LogP) is 3.24. The minimum absolute atomic E-state index is 0.140. The molecule has 162 valence electrons. The highest BCUT2D eigenvalue weighted by Crippen LogP contribution is 2.25. The van der Waals surface area contributed by atoms with Gasteiger partial charge >= 0.3 is 0 Å². The number of nitrogens with zero attached hydrogens (tertiary/aromatic N) is 3. The van der Waals surface area contributed by atoms with Gasteiger partial charge in [-0.25, -0.2) is 13.4 Å². The second-order valence-corrected chi connectivity index (χ2v) is 10.2. The monoisotopic (exact) mass is 456 g/mol. The van der Waals surface area contributed by atoms with Gasteiger partial charge in [-0.15, -0.1) is 0 Å². The minimum atomic E-state index is -3.50. The summed E-state index contributed by atoms with van der Waals surface area (Å²) >= 11 is 1.44. The van der Waals surface area contributed by atoms with Crippen LogP contribution in [0.2, 0.25) is 0 Å². The van der Waals surface area contributed by atoms with Crippen LogP contribution in [0, 0.1) is 0 Å². The van der Waals surface area contributed by atoms with Crippen molar-refractivity contribution in [2.45, 2.75) is 13.0 Å². The Morgan fingerprint density at radius 1 is 1.06 bits per heavy atom. The van der Waals surface area contributed by atoms with Crippen molar-refractivity contribution in [2.75, 3.05) is 31.5 Å². The molecule has 1 unspecified atom stereocenters. The van der Waals surface area contributed by atoms with E-state index in [4.69, 9.17) is 0 Å². The number of rotatable bonds is 6. The summed E-state index contributed by atoms with van der Waals surface area (Å²) < 4.78 is 27.7. The Balaban J connectivity index is 1.33. The fourth-order valence-corrected chi connectivity index (χ4v) is 5.50. The maximum Gasteiger partial charge on any atom is 0.243 e. The SMILES string of the molecule is CC(C(=O)Nc1nc2ccccc2s1)N1CCN(S(=O)(=O)C=Cc2ccccc2)CC1. The smallest absolute Gasteiger partial charge is 0.243 e. The fourth-order valence-electron chi connectivity index (χ4n) is 3.46. The van der Waals surface area contributed by atoms with E-state index in [9.17, 15) is 13.2 Å². The van der Waals surface area contributed by atoms with Gasteiger partial charge in [-0.3, -0.25) is 9.69 Å². The molecule has 1 aliphatic rings. The number of piperazine rings is 1. The Bertz CT molecular complexity index is 1150. The van der Waals surface area contributed by atoms with Gasteiger partial charge < -0.3 is 5.32 Å². The molecule has 1 saturated heterocycles. The molecule has 0 saturated carbocycles. The fraction of sp³-hybridized carbons (Fsp3) is 0.273. The molecule has 1 aliphatic heterocycles. The summed E-state index contributed by atoms with van der Waals surface area (Å²) in [4.78, 5) is 19.1. The van der Waals surface area contributed by atoms with Crippen LogP contribution in [0.25, 0.3) is 16.3 Å². The highest BCUT2D eigenvalue weighted by Gasteiger charge is 2.30. The van der Waals surface area contributed by atoms with Crippen LogP contribution in [0.1, 0.15) is 12.5 Å². The number of benzene rings is 2. The minimum Gasteiger partial charge on any atom is -0.301 e. The molecular formula is C22H24N4O3S2. The number of hydrogen-bond donors (Lipinski definition) is 1. The lowest BCUT2D eigenvalue weighted by Crippen LogP contribution is -2.53. The molecule has 1 atom stereocenters. The van der Waals surface area contributed by atoms with E-state index in [1.807, 2.05) is 66.4 Å². The number of nitrogens with one attached hydrogen (secondary N) is 1. The molecule has 0 radical (unpaired) electrons. The summed E-state index contributed by atoms with van der Waals surface area (Å²) in [7, 11) is -3.50. The number of aromatic nitrogens is 1. The maximum absolute atomic E-state index is 12.7. The van der Waals surface area contributed by atoms with Crippen LogP contribution in [-0.2, 0) is 14.8 Å². The zero-order chi connectivity index (χ0) is 21.8. The van der Waals surface area contributed by atoms with Crippen LogP contribution in [0.5, 0.6) is 0 Å². The first kappa shape index (κ1) is 21.6. The number of anilines is 1. The predicted molar refractivity (Wildman–Crippen MR) is 125 cm³/mol. The Morgan fingerprint density at radius 2 is 1.74 bits per heavy atom. The summed E-state index contributed by atoms with van der Waals surface area (Å²) in [5.41, 5.74) is 1.70. The average Bonchev–Trinajstić information content (AvgIpc) is 3.20. The average molecular weight is 457 g/mol. The van der Waals surface area contributed by atoms with Crippen LogP contribution in [0.4, 0.5) is 5.13 Å². The van der Waals surface area contributed by atoms with E-state index < -0.39 is 10.0 Å². The van der Waals surface area contributed by atoms with Gasteiger partial charge in [-0.05, 0) is 30.7 Å². The molecular weight excluding hydrogens is 432 g/mol. The quantitative estimate of drug-likeness (QED) is 0.616. The first-order valence-electron chi connectivity index (χ1n) is 10.1. The van der Waals surface area contributed by atoms with Gasteiger partial charge in [0, 0.05) is 31.6 Å². The number of hydrogen-bond acceptors (Lipinski definition) is 6. The van der Waals surface area contributed by atoms with Crippen molar-refractivity contribution in [3.05, 3.63) is 65.6 Å². The molecule has 31 heavy (non-hydrogen) atoms. The van der Waals surface area contributed by atoms with Crippen molar-refractivity contribution in [3.63, 3.8) is 0 Å². The van der Waals surface area contributed by atoms with E-state index in [0.717, 1.165) is 15.8 Å². The molecule has 1 amide bonds. The number of amides is 1. The lowest BCUT2D eigenvalue weighted by atomic mass is 10.2. The van der Waals surface area contributed by atoms with Crippen LogP contribution in [0.15, 0.2) is 60.0 Å². The van der Waals surface area contributed by atoms with Gasteiger partial charge in [0.1, 0.15) is 0 Å². The Hall–Kier alpha value is -2.59. The third-order valence-corrected chi connectivity index (χ3v) is 7.83. The second-order valence-electron chi connectivity index (χ2n) is 7.35. The van der Waals surface area contributed by atoms with Gasteiger partial charge in [0.05, 0.1) is 16.3 Å². The standard InChI is InChI=1S/C22H24N4O3S2/c1-17(21(27)24-22-23-19-9-5-6-10-20(19)30-22)25-12-14-26(15-13-25)31(28,29)16-11-18-7-3-2-4-8-18/h2-11,16-17H,12-15H2,1H3,(H,23,24,27). The zero-order valence-electron chi connectivity index (χ0n) is 17.1. The maximum atomic E-state index is 12.7. The molecule has 9 heteroatoms. The molecule has 0 bridgehead atoms. The van der Waals surface area contributed by atoms with Gasteiger partial charge in [0.25, 0.3) is 0 Å². The van der Waals surface area contributed by atoms with Crippen molar-refractivity contribution >= 4 is 48.7 Å². The lowest BCUT2D eigenvalue weighted by Gasteiger charge is -2.36. The lowest BCUT2D eigenvalue weighted by molar-refractivity contribution is -0.121. The van der Waals surface area contributed by atoms with Gasteiger partial charge in [0.2, 0.25) is 15.9 Å². The van der Waals surface area contributed by atoms with E-state index in [1.54, 1.807) is 6.08 Å². The molecule has 1 fully saturated rings. The molecule has 0 aliphatic carbocycles. The summed E-state index contributed by atoms with van der Waals surface area (Å²) in [5.74, 6) is -0.140. The first-order valence-corrected chi connectivity index (χ1v) is 12.4. The topological polar surface area (TPSA) is 82.6 Å². The largest absolute Gasteiger partial charge is 0.301 e. The number of fused-ring (bicyclic) bond motifs is 1. The Labute approximate surface area is 186 Å². The van der Waals surface area contributed by atoms with Crippen molar-refractivity contribution in [3.8, 4) is 0 Å². The molecule has 2 aromatic carbocycles. The van der Waals surface area contributed by atoms with Gasteiger partial charge in [-0.1, -0.05) is 53.8 Å². The summed E-state index contributed by atoms with van der Waals surface area (Å²) in [6.07, 6.45) is 1.61. The molecule has 3 aromatic rings. The summed E-state index contributed by atoms with van der Waals surface area (Å²) in [5, 5.41) is 4.72. The summed E-state index contributed by atoms with van der Waals surface area (Å²) in [6.45, 7) is 3.52. The van der Waals surface area contributed by atoms with Gasteiger partial charge in [-0.2, -0.15) is 4.31 Å². The van der Waals surface area contributed by atoms with Gasteiger partial charge in [0.15, 0.2) is 5.13 Å². The molecule has 7 nitrogen and oxygen atoms in total. The van der Waals surface area contributed by atoms with E-state index in [1.165, 1.54) is 21.1 Å². The third kappa shape index (κ3) is 5.19.